The smallest absolute Gasteiger partial charge is 0.409 e. The third-order valence-corrected chi connectivity index (χ3v) is 8.80. The first-order chi connectivity index (χ1) is 23.7. The minimum atomic E-state index is -0.767. The number of esters is 1. The van der Waals surface area contributed by atoms with Crippen LogP contribution in [0.15, 0.2) is 61.2 Å². The summed E-state index contributed by atoms with van der Waals surface area (Å²) < 4.78 is 18.7. The number of carbonyl (C=O) groups is 4. The molecule has 2 aromatic carbocycles. The number of ketones is 1. The molecule has 2 N–H and O–H groups in total. The fourth-order valence-electron chi connectivity index (χ4n) is 6.29. The Labute approximate surface area is 282 Å². The Hall–Kier alpha value is -5.21. The summed E-state index contributed by atoms with van der Waals surface area (Å²) in [4.78, 5) is 63.4. The van der Waals surface area contributed by atoms with E-state index in [2.05, 4.69) is 44.5 Å². The van der Waals surface area contributed by atoms with Gasteiger partial charge in [-0.05, 0) is 35.6 Å². The van der Waals surface area contributed by atoms with E-state index >= 15 is 0 Å². The number of benzene rings is 2. The van der Waals surface area contributed by atoms with Gasteiger partial charge in [-0.2, -0.15) is 0 Å². The number of rotatable bonds is 13. The van der Waals surface area contributed by atoms with E-state index in [1.165, 1.54) is 24.5 Å². The zero-order valence-electron chi connectivity index (χ0n) is 27.3. The Kier molecular flexibility index (Phi) is 10.3. The minimum absolute atomic E-state index is 0.0392. The van der Waals surface area contributed by atoms with Crippen LogP contribution in [0.1, 0.15) is 62.3 Å². The topological polar surface area (TPSA) is 175 Å². The molecule has 4 aromatic rings. The van der Waals surface area contributed by atoms with Crippen LogP contribution in [-0.2, 0) is 28.6 Å². The number of fused-ring (bicyclic) bond motifs is 4. The van der Waals surface area contributed by atoms with Gasteiger partial charge >= 0.3 is 12.1 Å². The van der Waals surface area contributed by atoms with E-state index in [0.29, 0.717) is 24.1 Å². The molecule has 0 radical (unpaired) electrons. The van der Waals surface area contributed by atoms with Gasteiger partial charge in [0.2, 0.25) is 5.91 Å². The number of aliphatic hydroxyl groups excluding tert-OH is 1. The number of amides is 2. The minimum Gasteiger partial charge on any atom is -0.459 e. The number of aromatic nitrogens is 4. The molecule has 0 saturated carbocycles. The number of hydrogen-bond donors (Lipinski definition) is 2. The zero-order valence-corrected chi connectivity index (χ0v) is 27.3. The van der Waals surface area contributed by atoms with Crippen molar-refractivity contribution in [3.63, 3.8) is 0 Å². The highest BCUT2D eigenvalue weighted by molar-refractivity contribution is 5.96. The Morgan fingerprint density at radius 2 is 1.71 bits per heavy atom. The normalized spacial score (nSPS) is 18.1. The standard InChI is InChI=1S/C35H38N6O8/c1-21(43)13-14-31(45)49-27-16-30(48-28(27)17-42)41-20-38-32-33(36-19-37-34(32)41)39-29(44)12-7-15-40(2)35(46)47-18-26-24-10-5-3-8-22(24)23-9-4-6-11-25(23)26/h3-6,8-11,19-20,26-28,30,42H,7,12-18H2,1-2H3,(H,36,37,39,44)/t27?,28?,30-/m1/s1. The van der Waals surface area contributed by atoms with Gasteiger partial charge in [-0.1, -0.05) is 48.5 Å². The van der Waals surface area contributed by atoms with Crippen molar-refractivity contribution >= 4 is 40.7 Å². The van der Waals surface area contributed by atoms with E-state index in [-0.39, 0.29) is 62.3 Å². The molecule has 0 bridgehead atoms. The van der Waals surface area contributed by atoms with Crippen molar-refractivity contribution in [3.05, 3.63) is 72.3 Å². The summed E-state index contributed by atoms with van der Waals surface area (Å²) in [7, 11) is 1.64. The van der Waals surface area contributed by atoms with Crippen LogP contribution in [0.3, 0.4) is 0 Å². The largest absolute Gasteiger partial charge is 0.459 e. The molecule has 2 amide bonds. The molecule has 2 aliphatic rings. The number of nitrogens with one attached hydrogen (secondary N) is 1. The van der Waals surface area contributed by atoms with Crippen molar-refractivity contribution in [1.82, 2.24) is 24.4 Å². The lowest BCUT2D eigenvalue weighted by molar-refractivity contribution is -0.153. The summed E-state index contributed by atoms with van der Waals surface area (Å²) in [6.07, 6.45) is 0.929. The second-order valence-corrected chi connectivity index (χ2v) is 12.2. The summed E-state index contributed by atoms with van der Waals surface area (Å²) in [6.45, 7) is 1.55. The molecule has 14 nitrogen and oxygen atoms in total. The second-order valence-electron chi connectivity index (χ2n) is 12.2. The zero-order chi connectivity index (χ0) is 34.5. The number of nitrogens with zero attached hydrogens (tertiary/aromatic N) is 5. The molecule has 1 aliphatic carbocycles. The van der Waals surface area contributed by atoms with Gasteiger partial charge in [-0.25, -0.2) is 19.7 Å². The second kappa shape index (κ2) is 14.9. The van der Waals surface area contributed by atoms with Crippen LogP contribution in [0.25, 0.3) is 22.3 Å². The van der Waals surface area contributed by atoms with Crippen LogP contribution in [0.2, 0.25) is 0 Å². The van der Waals surface area contributed by atoms with E-state index in [4.69, 9.17) is 14.2 Å². The van der Waals surface area contributed by atoms with E-state index < -0.39 is 30.5 Å². The molecule has 3 atom stereocenters. The van der Waals surface area contributed by atoms with Crippen molar-refractivity contribution in [2.45, 2.75) is 63.4 Å². The third-order valence-electron chi connectivity index (χ3n) is 8.80. The molecule has 0 spiro atoms. The van der Waals surface area contributed by atoms with Crippen molar-refractivity contribution in [2.24, 2.45) is 0 Å². The first-order valence-corrected chi connectivity index (χ1v) is 16.2. The van der Waals surface area contributed by atoms with Crippen LogP contribution in [-0.4, -0.2) is 92.3 Å². The maximum Gasteiger partial charge on any atom is 0.409 e. The van der Waals surface area contributed by atoms with E-state index in [1.807, 2.05) is 24.3 Å². The first kappa shape index (κ1) is 33.7. The third kappa shape index (κ3) is 7.44. The predicted octanol–water partition coefficient (Wildman–Crippen LogP) is 3.99. The van der Waals surface area contributed by atoms with Gasteiger partial charge in [0.15, 0.2) is 17.0 Å². The first-order valence-electron chi connectivity index (χ1n) is 16.2. The monoisotopic (exact) mass is 670 g/mol. The number of Topliss-reactive ketones (excluding diaryl/α,β-unsaturated/α-hetero) is 1. The van der Waals surface area contributed by atoms with Crippen molar-refractivity contribution in [2.75, 3.05) is 32.1 Å². The number of anilines is 1. The van der Waals surface area contributed by atoms with Crippen LogP contribution in [0.4, 0.5) is 10.6 Å². The van der Waals surface area contributed by atoms with Gasteiger partial charge in [0.05, 0.1) is 19.4 Å². The summed E-state index contributed by atoms with van der Waals surface area (Å²) >= 11 is 0. The molecule has 1 aliphatic heterocycles. The maximum atomic E-state index is 12.9. The van der Waals surface area contributed by atoms with E-state index in [0.717, 1.165) is 22.3 Å². The Morgan fingerprint density at radius 3 is 2.41 bits per heavy atom. The summed E-state index contributed by atoms with van der Waals surface area (Å²) in [6, 6.07) is 16.3. The molecule has 6 rings (SSSR count). The van der Waals surface area contributed by atoms with E-state index in [9.17, 15) is 24.3 Å². The number of hydrogen-bond acceptors (Lipinski definition) is 11. The van der Waals surface area contributed by atoms with Gasteiger partial charge in [-0.3, -0.25) is 14.2 Å². The Bertz CT molecular complexity index is 1820. The average molecular weight is 671 g/mol. The van der Waals surface area contributed by atoms with Crippen molar-refractivity contribution in [3.8, 4) is 11.1 Å². The molecular weight excluding hydrogens is 632 g/mol. The lowest BCUT2D eigenvalue weighted by atomic mass is 9.98. The van der Waals surface area contributed by atoms with Gasteiger partial charge in [0.1, 0.15) is 37.2 Å². The lowest BCUT2D eigenvalue weighted by Crippen LogP contribution is -2.30. The summed E-state index contributed by atoms with van der Waals surface area (Å²) in [5.41, 5.74) is 5.29. The number of carbonyl (C=O) groups excluding carboxylic acids is 4. The number of ether oxygens (including phenoxy) is 3. The Balaban J connectivity index is 0.994. The highest BCUT2D eigenvalue weighted by Crippen LogP contribution is 2.44. The van der Waals surface area contributed by atoms with Crippen LogP contribution in [0, 0.1) is 0 Å². The number of aliphatic hydroxyl groups is 1. The van der Waals surface area contributed by atoms with Crippen LogP contribution >= 0.6 is 0 Å². The van der Waals surface area contributed by atoms with Crippen molar-refractivity contribution in [1.29, 1.82) is 0 Å². The van der Waals surface area contributed by atoms with Crippen molar-refractivity contribution < 1.29 is 38.5 Å². The summed E-state index contributed by atoms with van der Waals surface area (Å²) in [5.74, 6) is -0.810. The molecule has 2 unspecified atom stereocenters. The molecule has 256 valence electrons. The molecule has 3 heterocycles. The fraction of sp³-hybridized carbons (Fsp3) is 0.400. The molecule has 14 heteroatoms. The fourth-order valence-corrected chi connectivity index (χ4v) is 6.29. The van der Waals surface area contributed by atoms with Gasteiger partial charge in [-0.15, -0.1) is 0 Å². The maximum absolute atomic E-state index is 12.9. The van der Waals surface area contributed by atoms with Crippen LogP contribution < -0.4 is 5.32 Å². The van der Waals surface area contributed by atoms with Crippen LogP contribution in [0.5, 0.6) is 0 Å². The SMILES string of the molecule is CC(=O)CCC(=O)OC1C[C@H](n2cnc3c(NC(=O)CCCN(C)C(=O)OCC4c5ccccc5-c5ccccc54)ncnc32)OC1CO. The average Bonchev–Trinajstić information content (AvgIpc) is 3.80. The molecule has 1 saturated heterocycles. The highest BCUT2D eigenvalue weighted by Gasteiger charge is 2.39. The van der Waals surface area contributed by atoms with Gasteiger partial charge < -0.3 is 34.3 Å². The summed E-state index contributed by atoms with van der Waals surface area (Å²) in [5, 5.41) is 12.6. The molecule has 2 aromatic heterocycles. The molecule has 49 heavy (non-hydrogen) atoms. The lowest BCUT2D eigenvalue weighted by Gasteiger charge is -2.19. The molecule has 1 fully saturated rings. The van der Waals surface area contributed by atoms with Gasteiger partial charge in [0, 0.05) is 38.8 Å². The Morgan fingerprint density at radius 1 is 1.00 bits per heavy atom. The number of imidazole rings is 1. The van der Waals surface area contributed by atoms with E-state index in [1.54, 1.807) is 11.6 Å². The van der Waals surface area contributed by atoms with Gasteiger partial charge in [0.25, 0.3) is 0 Å². The quantitative estimate of drug-likeness (QED) is 0.197. The predicted molar refractivity (Wildman–Crippen MR) is 176 cm³/mol. The molecular formula is C35H38N6O8. The highest BCUT2D eigenvalue weighted by atomic mass is 16.6.